The highest BCUT2D eigenvalue weighted by Crippen LogP contribution is 2.38. The average Bonchev–Trinajstić information content (AvgIpc) is 3.39. The number of hydrogen-bond acceptors (Lipinski definition) is 8. The van der Waals surface area contributed by atoms with Crippen LogP contribution in [0.4, 0.5) is 0 Å². The highest BCUT2D eigenvalue weighted by atomic mass is 79.9. The molecule has 234 valence electrons. The van der Waals surface area contributed by atoms with Gasteiger partial charge in [0.05, 0.1) is 18.5 Å². The number of fused-ring (bicyclic) bond motifs is 2. The minimum Gasteiger partial charge on any atom is -0.508 e. The van der Waals surface area contributed by atoms with Crippen LogP contribution in [0, 0.1) is 13.8 Å². The smallest absolute Gasteiger partial charge is 0.385 e. The van der Waals surface area contributed by atoms with Gasteiger partial charge in [0, 0.05) is 41.5 Å². The van der Waals surface area contributed by atoms with Gasteiger partial charge in [-0.05, 0) is 91.8 Å². The Hall–Kier alpha value is -3.19. The molecule has 1 unspecified atom stereocenters. The van der Waals surface area contributed by atoms with E-state index >= 15 is 0 Å². The van der Waals surface area contributed by atoms with Crippen molar-refractivity contribution in [2.75, 3.05) is 11.9 Å². The van der Waals surface area contributed by atoms with Crippen molar-refractivity contribution < 1.29 is 27.2 Å². The highest BCUT2D eigenvalue weighted by molar-refractivity contribution is 9.09. The second-order valence-electron chi connectivity index (χ2n) is 10.8. The molecule has 0 saturated heterocycles. The average molecular weight is 706 g/mol. The zero-order valence-electron chi connectivity index (χ0n) is 24.7. The summed E-state index contributed by atoms with van der Waals surface area (Å²) >= 11 is 10.2. The maximum Gasteiger partial charge on any atom is 0.385 e. The van der Waals surface area contributed by atoms with Crippen molar-refractivity contribution in [1.82, 2.24) is 19.3 Å². The predicted octanol–water partition coefficient (Wildman–Crippen LogP) is 6.31. The lowest BCUT2D eigenvalue weighted by atomic mass is 9.84. The molecule has 1 aliphatic heterocycles. The van der Waals surface area contributed by atoms with Crippen molar-refractivity contribution in [1.29, 1.82) is 0 Å². The van der Waals surface area contributed by atoms with Gasteiger partial charge in [0.2, 0.25) is 0 Å². The summed E-state index contributed by atoms with van der Waals surface area (Å²) in [6.45, 7) is 6.54. The summed E-state index contributed by atoms with van der Waals surface area (Å²) in [7, 11) is -4.11. The van der Waals surface area contributed by atoms with Crippen LogP contribution in [-0.2, 0) is 39.5 Å². The second-order valence-corrected chi connectivity index (χ2v) is 13.5. The van der Waals surface area contributed by atoms with E-state index in [4.69, 9.17) is 20.5 Å². The van der Waals surface area contributed by atoms with Crippen LogP contribution in [0.5, 0.6) is 11.5 Å². The normalized spacial score (nSPS) is 15.1. The number of nitrogens with zero attached hydrogens (tertiary/aromatic N) is 4. The van der Waals surface area contributed by atoms with Crippen molar-refractivity contribution >= 4 is 54.8 Å². The number of unbranched alkanes of at least 4 members (excludes halogenated alkanes) is 1. The molecule has 1 N–H and O–H groups in total. The molecular weight excluding hydrogens is 672 g/mol. The van der Waals surface area contributed by atoms with Gasteiger partial charge in [-0.15, -0.1) is 5.10 Å². The number of rotatable bonds is 11. The van der Waals surface area contributed by atoms with Crippen molar-refractivity contribution in [3.8, 4) is 11.5 Å². The number of aryl methyl sites for hydroxylation is 2. The molecule has 2 heterocycles. The predicted molar refractivity (Wildman–Crippen MR) is 171 cm³/mol. The summed E-state index contributed by atoms with van der Waals surface area (Å²) in [6, 6.07) is 12.0. The molecule has 0 amide bonds. The Bertz CT molecular complexity index is 1810. The number of hydrogen-bond donors (Lipinski definition) is 1. The van der Waals surface area contributed by atoms with E-state index in [0.29, 0.717) is 21.7 Å². The third-order valence-corrected chi connectivity index (χ3v) is 10.1. The molecule has 44 heavy (non-hydrogen) atoms. The molecule has 3 aromatic carbocycles. The summed E-state index contributed by atoms with van der Waals surface area (Å²) < 4.78 is 39.9. The third kappa shape index (κ3) is 6.73. The van der Waals surface area contributed by atoms with E-state index in [0.717, 1.165) is 52.4 Å². The first kappa shape index (κ1) is 32.2. The van der Waals surface area contributed by atoms with Crippen LogP contribution in [0.15, 0.2) is 42.5 Å². The Labute approximate surface area is 270 Å². The zero-order valence-corrected chi connectivity index (χ0v) is 27.9. The Morgan fingerprint density at radius 1 is 1.16 bits per heavy atom. The van der Waals surface area contributed by atoms with Gasteiger partial charge in [0.25, 0.3) is 0 Å². The molecule has 0 bridgehead atoms. The minimum absolute atomic E-state index is 0.0146. The monoisotopic (exact) mass is 704 g/mol. The number of alkyl halides is 1. The lowest BCUT2D eigenvalue weighted by Gasteiger charge is -2.29. The number of carbonyl (C=O) groups is 1. The molecule has 4 aromatic rings. The number of halogens is 2. The molecule has 0 radical (unpaired) electrons. The zero-order chi connectivity index (χ0) is 31.6. The van der Waals surface area contributed by atoms with Crippen LogP contribution in [0.25, 0.3) is 11.0 Å². The molecule has 1 aliphatic rings. The summed E-state index contributed by atoms with van der Waals surface area (Å²) in [4.78, 5) is 12.9. The fourth-order valence-electron chi connectivity index (χ4n) is 5.53. The van der Waals surface area contributed by atoms with Gasteiger partial charge >= 0.3 is 16.3 Å². The molecule has 10 nitrogen and oxygen atoms in total. The number of aromatic nitrogens is 3. The van der Waals surface area contributed by atoms with Crippen LogP contribution < -0.4 is 4.18 Å². The van der Waals surface area contributed by atoms with Crippen LogP contribution in [-0.4, -0.2) is 50.7 Å². The van der Waals surface area contributed by atoms with Crippen molar-refractivity contribution in [2.45, 2.75) is 65.6 Å². The van der Waals surface area contributed by atoms with Crippen molar-refractivity contribution in [3.63, 3.8) is 0 Å². The minimum atomic E-state index is -4.11. The summed E-state index contributed by atoms with van der Waals surface area (Å²) in [5, 5.41) is 20.2. The number of benzene rings is 3. The quantitative estimate of drug-likeness (QED) is 0.110. The first-order valence-electron chi connectivity index (χ1n) is 14.4. The van der Waals surface area contributed by atoms with E-state index in [2.05, 4.69) is 26.2 Å². The Kier molecular flexibility index (Phi) is 9.83. The Morgan fingerprint density at radius 3 is 2.70 bits per heavy atom. The van der Waals surface area contributed by atoms with E-state index in [-0.39, 0.29) is 43.6 Å². The van der Waals surface area contributed by atoms with Crippen molar-refractivity contribution in [2.24, 2.45) is 0 Å². The fraction of sp³-hybridized carbons (Fsp3) is 0.387. The van der Waals surface area contributed by atoms with Gasteiger partial charge in [0.1, 0.15) is 17.0 Å². The van der Waals surface area contributed by atoms with Gasteiger partial charge in [-0.25, -0.2) is 4.68 Å². The number of carbonyl (C=O) groups excluding carboxylic acids is 1. The maximum atomic E-state index is 13.1. The largest absolute Gasteiger partial charge is 0.508 e. The number of esters is 1. The molecule has 1 aromatic heterocycles. The molecule has 5 rings (SSSR count). The standard InChI is InChI=1S/C31H34BrClN4O6S/c1-4-42-30(39)16-26(25-8-9-28-31(20(25)3)34-35-37(28)12-6-5-11-32)21-13-22(19(2)27(33)15-21)17-36-18-23-14-24(38)7-10-29(23)43-44(36,40)41/h7-10,13-15,26,38H,4-6,11-12,16-18H2,1-3H3. The van der Waals surface area contributed by atoms with E-state index in [1.807, 2.05) is 42.8 Å². The van der Waals surface area contributed by atoms with Gasteiger partial charge in [-0.3, -0.25) is 4.79 Å². The summed E-state index contributed by atoms with van der Waals surface area (Å²) in [5.41, 5.74) is 6.10. The molecule has 0 spiro atoms. The fourth-order valence-corrected chi connectivity index (χ4v) is 7.26. The lowest BCUT2D eigenvalue weighted by molar-refractivity contribution is -0.143. The number of ether oxygens (including phenoxy) is 1. The van der Waals surface area contributed by atoms with Crippen LogP contribution in [0.2, 0.25) is 5.02 Å². The van der Waals surface area contributed by atoms with Gasteiger partial charge in [0.15, 0.2) is 0 Å². The molecule has 1 atom stereocenters. The molecule has 0 fully saturated rings. The number of phenolic OH excluding ortho intramolecular Hbond substituents is 1. The SMILES string of the molecule is CCOC(=O)CC(c1cc(Cl)c(C)c(CN2Cc3cc(O)ccc3OS2(=O)=O)c1)c1ccc2c(nnn2CCCCBr)c1C. The molecular formula is C31H34BrClN4O6S. The molecule has 0 aliphatic carbocycles. The first-order chi connectivity index (χ1) is 21.0. The maximum absolute atomic E-state index is 13.1. The van der Waals surface area contributed by atoms with Gasteiger partial charge in [-0.2, -0.15) is 12.7 Å². The topological polar surface area (TPSA) is 124 Å². The summed E-state index contributed by atoms with van der Waals surface area (Å²) in [5.74, 6) is -0.610. The Balaban J connectivity index is 1.54. The van der Waals surface area contributed by atoms with Crippen molar-refractivity contribution in [3.05, 3.63) is 80.9 Å². The van der Waals surface area contributed by atoms with Gasteiger partial charge in [-0.1, -0.05) is 44.9 Å². The first-order valence-corrected chi connectivity index (χ1v) is 17.2. The third-order valence-electron chi connectivity index (χ3n) is 7.91. The lowest BCUT2D eigenvalue weighted by Crippen LogP contribution is -2.37. The van der Waals surface area contributed by atoms with E-state index in [9.17, 15) is 18.3 Å². The molecule has 0 saturated carbocycles. The van der Waals surface area contributed by atoms with Gasteiger partial charge < -0.3 is 14.0 Å². The van der Waals surface area contributed by atoms with Crippen LogP contribution in [0.1, 0.15) is 65.5 Å². The summed E-state index contributed by atoms with van der Waals surface area (Å²) in [6.07, 6.45) is 2.04. The van der Waals surface area contributed by atoms with E-state index in [1.165, 1.54) is 22.5 Å². The number of phenols is 1. The second kappa shape index (κ2) is 13.4. The highest BCUT2D eigenvalue weighted by Gasteiger charge is 2.33. The van der Waals surface area contributed by atoms with Crippen LogP contribution >= 0.6 is 27.5 Å². The Morgan fingerprint density at radius 2 is 1.95 bits per heavy atom. The van der Waals surface area contributed by atoms with Crippen LogP contribution in [0.3, 0.4) is 0 Å². The van der Waals surface area contributed by atoms with E-state index < -0.39 is 16.2 Å². The van der Waals surface area contributed by atoms with E-state index in [1.54, 1.807) is 6.92 Å². The number of aromatic hydroxyl groups is 1. The molecule has 13 heteroatoms.